The molecule has 3 aliphatic heterocycles. The van der Waals surface area contributed by atoms with Gasteiger partial charge in [0.15, 0.2) is 5.75 Å². The van der Waals surface area contributed by atoms with Gasteiger partial charge in [-0.2, -0.15) is 4.98 Å². The van der Waals surface area contributed by atoms with Crippen LogP contribution in [0.4, 0.5) is 17.1 Å². The third-order valence-electron chi connectivity index (χ3n) is 16.3. The highest BCUT2D eigenvalue weighted by Gasteiger charge is 2.49. The lowest BCUT2D eigenvalue weighted by atomic mass is 9.70. The Morgan fingerprint density at radius 3 is 2.48 bits per heavy atom. The largest absolute Gasteiger partial charge is 0.474 e. The zero-order valence-corrected chi connectivity index (χ0v) is 43.1. The average Bonchev–Trinajstić information content (AvgIpc) is 4.05. The van der Waals surface area contributed by atoms with E-state index in [2.05, 4.69) is 67.8 Å². The van der Waals surface area contributed by atoms with Gasteiger partial charge in [0, 0.05) is 87.8 Å². The number of rotatable bonds is 17. The molecule has 3 aromatic carbocycles. The summed E-state index contributed by atoms with van der Waals surface area (Å²) in [6, 6.07) is 21.9. The molecule has 4 N–H and O–H groups in total. The van der Waals surface area contributed by atoms with Gasteiger partial charge in [-0.1, -0.05) is 44.5 Å². The molecule has 2 atom stereocenters. The summed E-state index contributed by atoms with van der Waals surface area (Å²) in [5, 5.41) is 26.6. The second kappa shape index (κ2) is 21.2. The van der Waals surface area contributed by atoms with Crippen LogP contribution >= 0.6 is 0 Å². The molecule has 3 saturated heterocycles. The second-order valence-corrected chi connectivity index (χ2v) is 23.4. The SMILES string of the molecule is CC(C)c1ccccc1[C@@H]1CCC[C@@H]1N1CC2(CCN(c3ccc(C(=O)NS(=O)(=O)c4ccc(NCC5CCC(C)(O)CC5)c([N+](=O)[O-])c4)c(Oc4cc5cc[nH]c5nc4OCCN4CCOCC4)c3)CC2)C1. The number of morpholine rings is 1. The van der Waals surface area contributed by atoms with Gasteiger partial charge in [0.2, 0.25) is 0 Å². The maximum absolute atomic E-state index is 14.4. The van der Waals surface area contributed by atoms with Crippen molar-refractivity contribution >= 4 is 44.0 Å². The Balaban J connectivity index is 0.877. The van der Waals surface area contributed by atoms with Crippen LogP contribution in [0, 0.1) is 21.4 Å². The molecule has 17 nitrogen and oxygen atoms in total. The van der Waals surface area contributed by atoms with Gasteiger partial charge in [0.1, 0.15) is 23.7 Å². The van der Waals surface area contributed by atoms with Gasteiger partial charge in [-0.3, -0.25) is 24.7 Å². The number of nitro benzene ring substituents is 1. The number of nitrogens with one attached hydrogen (secondary N) is 3. The number of piperidine rings is 1. The first-order valence-electron chi connectivity index (χ1n) is 26.3. The van der Waals surface area contributed by atoms with E-state index < -0.39 is 37.0 Å². The number of pyridine rings is 1. The minimum atomic E-state index is -4.63. The zero-order chi connectivity index (χ0) is 50.9. The maximum Gasteiger partial charge on any atom is 0.293 e. The van der Waals surface area contributed by atoms with Crippen LogP contribution in [0.3, 0.4) is 0 Å². The lowest BCUT2D eigenvalue weighted by Gasteiger charge is -2.57. The minimum Gasteiger partial charge on any atom is -0.474 e. The van der Waals surface area contributed by atoms with Gasteiger partial charge < -0.3 is 34.5 Å². The summed E-state index contributed by atoms with van der Waals surface area (Å²) in [6.45, 7) is 14.4. The van der Waals surface area contributed by atoms with E-state index >= 15 is 0 Å². The Bertz CT molecular complexity index is 2890. The first kappa shape index (κ1) is 50.7. The van der Waals surface area contributed by atoms with E-state index in [4.69, 9.17) is 19.2 Å². The van der Waals surface area contributed by atoms with E-state index in [0.29, 0.717) is 69.3 Å². The molecule has 5 aromatic rings. The number of carbonyl (C=O) groups excluding carboxylic acids is 1. The highest BCUT2D eigenvalue weighted by Crippen LogP contribution is 2.49. The predicted octanol–water partition coefficient (Wildman–Crippen LogP) is 8.81. The van der Waals surface area contributed by atoms with Crippen molar-refractivity contribution in [3.63, 3.8) is 0 Å². The van der Waals surface area contributed by atoms with Crippen LogP contribution in [0.2, 0.25) is 0 Å². The number of amides is 1. The fourth-order valence-electron chi connectivity index (χ4n) is 12.0. The number of aliphatic hydroxyl groups is 1. The van der Waals surface area contributed by atoms with Crippen LogP contribution < -0.4 is 24.4 Å². The molecule has 73 heavy (non-hydrogen) atoms. The van der Waals surface area contributed by atoms with E-state index in [1.807, 2.05) is 19.1 Å². The van der Waals surface area contributed by atoms with Crippen molar-refractivity contribution in [1.82, 2.24) is 24.5 Å². The van der Waals surface area contributed by atoms with E-state index in [-0.39, 0.29) is 40.0 Å². The van der Waals surface area contributed by atoms with Crippen molar-refractivity contribution in [1.29, 1.82) is 0 Å². The molecule has 0 unspecified atom stereocenters. The number of nitrogens with zero attached hydrogens (tertiary/aromatic N) is 5. The monoisotopic (exact) mass is 1020 g/mol. The summed E-state index contributed by atoms with van der Waals surface area (Å²) >= 11 is 0. The summed E-state index contributed by atoms with van der Waals surface area (Å²) in [6.07, 6.45) is 10.3. The molecular weight excluding hydrogens is 949 g/mol. The Hall–Kier alpha value is -5.79. The minimum absolute atomic E-state index is 0.0618. The van der Waals surface area contributed by atoms with Crippen molar-refractivity contribution in [3.8, 4) is 17.4 Å². The quantitative estimate of drug-likeness (QED) is 0.0508. The fourth-order valence-corrected chi connectivity index (χ4v) is 13.0. The van der Waals surface area contributed by atoms with Gasteiger partial charge in [-0.05, 0) is 129 Å². The van der Waals surface area contributed by atoms with Crippen LogP contribution in [0.1, 0.15) is 112 Å². The molecule has 0 bridgehead atoms. The topological polar surface area (TPSA) is 205 Å². The van der Waals surface area contributed by atoms with Crippen molar-refractivity contribution in [2.24, 2.45) is 11.3 Å². The number of benzene rings is 3. The summed E-state index contributed by atoms with van der Waals surface area (Å²) in [4.78, 5) is 40.8. The number of likely N-dealkylation sites (tertiary alicyclic amines) is 1. The van der Waals surface area contributed by atoms with Gasteiger partial charge in [-0.25, -0.2) is 13.1 Å². The molecule has 5 heterocycles. The molecular formula is C55H70N8O9S. The molecule has 10 rings (SSSR count). The summed E-state index contributed by atoms with van der Waals surface area (Å²) in [7, 11) is -4.63. The number of sulfonamides is 1. The normalized spacial score (nSPS) is 23.6. The molecule has 2 aromatic heterocycles. The molecule has 5 aliphatic rings. The fraction of sp³-hybridized carbons (Fsp3) is 0.527. The molecule has 5 fully saturated rings. The van der Waals surface area contributed by atoms with E-state index in [1.54, 1.807) is 24.4 Å². The Labute approximate surface area is 428 Å². The summed E-state index contributed by atoms with van der Waals surface area (Å²) in [5.41, 5.74) is 3.59. The molecule has 390 valence electrons. The average molecular weight is 1020 g/mol. The van der Waals surface area contributed by atoms with Gasteiger partial charge in [0.25, 0.3) is 27.5 Å². The number of aromatic amines is 1. The maximum atomic E-state index is 14.4. The van der Waals surface area contributed by atoms with Crippen molar-refractivity contribution in [2.45, 2.75) is 107 Å². The molecule has 2 aliphatic carbocycles. The lowest BCUT2D eigenvalue weighted by Crippen LogP contribution is -2.63. The smallest absolute Gasteiger partial charge is 0.293 e. The van der Waals surface area contributed by atoms with Crippen LogP contribution in [0.15, 0.2) is 83.9 Å². The number of hydrogen-bond acceptors (Lipinski definition) is 14. The van der Waals surface area contributed by atoms with Crippen molar-refractivity contribution < 1.29 is 37.5 Å². The van der Waals surface area contributed by atoms with Crippen LogP contribution in [0.5, 0.6) is 17.4 Å². The zero-order valence-electron chi connectivity index (χ0n) is 42.3. The van der Waals surface area contributed by atoms with Crippen molar-refractivity contribution in [3.05, 3.63) is 106 Å². The lowest BCUT2D eigenvalue weighted by molar-refractivity contribution is -0.384. The number of anilines is 2. The second-order valence-electron chi connectivity index (χ2n) is 21.8. The Morgan fingerprint density at radius 1 is 0.959 bits per heavy atom. The molecule has 1 amide bonds. The van der Waals surface area contributed by atoms with Gasteiger partial charge in [0.05, 0.1) is 34.2 Å². The van der Waals surface area contributed by atoms with Crippen LogP contribution in [-0.2, 0) is 14.8 Å². The van der Waals surface area contributed by atoms with E-state index in [0.717, 1.165) is 82.1 Å². The predicted molar refractivity (Wildman–Crippen MR) is 281 cm³/mol. The van der Waals surface area contributed by atoms with Crippen molar-refractivity contribution in [2.75, 3.05) is 82.4 Å². The van der Waals surface area contributed by atoms with Gasteiger partial charge >= 0.3 is 0 Å². The number of fused-ring (bicyclic) bond motifs is 1. The van der Waals surface area contributed by atoms with Crippen LogP contribution in [-0.4, -0.2) is 128 Å². The highest BCUT2D eigenvalue weighted by molar-refractivity contribution is 7.90. The van der Waals surface area contributed by atoms with E-state index in [1.165, 1.54) is 42.5 Å². The molecule has 0 radical (unpaired) electrons. The molecule has 18 heteroatoms. The molecule has 1 spiro atoms. The number of carbonyl (C=O) groups is 1. The number of aromatic nitrogens is 2. The number of nitro groups is 1. The summed E-state index contributed by atoms with van der Waals surface area (Å²) < 4.78 is 48.7. The first-order chi connectivity index (χ1) is 35.1. The third kappa shape index (κ3) is 11.3. The third-order valence-corrected chi connectivity index (χ3v) is 17.7. The molecule has 2 saturated carbocycles. The van der Waals surface area contributed by atoms with E-state index in [9.17, 15) is 28.4 Å². The highest BCUT2D eigenvalue weighted by atomic mass is 32.2. The van der Waals surface area contributed by atoms with Gasteiger partial charge in [-0.15, -0.1) is 0 Å². The number of hydrogen-bond donors (Lipinski definition) is 4. The Morgan fingerprint density at radius 2 is 1.73 bits per heavy atom. The summed E-state index contributed by atoms with van der Waals surface area (Å²) in [5.74, 6) is 0.811. The number of ether oxygens (including phenoxy) is 3. The van der Waals surface area contributed by atoms with Crippen LogP contribution in [0.25, 0.3) is 11.0 Å². The number of H-pyrrole nitrogens is 1. The first-order valence-corrected chi connectivity index (χ1v) is 27.7. The standard InChI is InChI=1S/C55H70N8O9S/c1-37(2)42-7-4-5-8-43(42)44-9-6-10-47(44)62-35-55(36-62)20-23-61(24-21-55)40-11-13-45(49(32-40)72-50-31-39-17-22-56-51(39)58-53(50)71-30-27-60-25-28-70-29-26-60)52(64)59-73(68,69)41-12-14-46(48(33-41)63(66)67)57-34-38-15-18-54(3,65)19-16-38/h4-5,7-8,11-14,17,22,31-33,37-38,44,47,57,65H,6,9-10,15-16,18-21,23-30,34-36H2,1-3H3,(H,56,58)(H,59,64)/t38?,44-,47-,54?/m0/s1. The Kier molecular flexibility index (Phi) is 14.7.